The highest BCUT2D eigenvalue weighted by molar-refractivity contribution is 5.87. The second kappa shape index (κ2) is 5.53. The quantitative estimate of drug-likeness (QED) is 0.888. The van der Waals surface area contributed by atoms with Gasteiger partial charge in [0.15, 0.2) is 0 Å². The molecule has 2 rings (SSSR count). The molecular formula is C15H21NO2. The number of carbonyl (C=O) groups is 1. The lowest BCUT2D eigenvalue weighted by atomic mass is 10.1. The Kier molecular flexibility index (Phi) is 4.02. The van der Waals surface area contributed by atoms with E-state index in [1.165, 1.54) is 19.3 Å². The van der Waals surface area contributed by atoms with Crippen molar-refractivity contribution in [2.75, 3.05) is 0 Å². The first-order valence-corrected chi connectivity index (χ1v) is 6.69. The third-order valence-electron chi connectivity index (χ3n) is 3.96. The third-order valence-corrected chi connectivity index (χ3v) is 3.96. The number of rotatable bonds is 4. The number of hydrogen-bond acceptors (Lipinski definition) is 2. The zero-order valence-electron chi connectivity index (χ0n) is 11.1. The molecule has 0 radical (unpaired) electrons. The van der Waals surface area contributed by atoms with Gasteiger partial charge in [-0.2, -0.15) is 0 Å². The van der Waals surface area contributed by atoms with E-state index in [1.807, 2.05) is 12.1 Å². The molecule has 3 heteroatoms. The van der Waals surface area contributed by atoms with Crippen molar-refractivity contribution in [3.63, 3.8) is 0 Å². The summed E-state index contributed by atoms with van der Waals surface area (Å²) in [6.45, 7) is 5.35. The van der Waals surface area contributed by atoms with E-state index in [1.54, 1.807) is 12.1 Å². The molecule has 2 unspecified atom stereocenters. The Hall–Kier alpha value is -1.35. The molecule has 1 aliphatic rings. The van der Waals surface area contributed by atoms with Crippen LogP contribution in [-0.2, 0) is 6.54 Å². The second-order valence-corrected chi connectivity index (χ2v) is 5.17. The summed E-state index contributed by atoms with van der Waals surface area (Å²) in [7, 11) is 0. The second-order valence-electron chi connectivity index (χ2n) is 5.17. The number of likely N-dealkylation sites (tertiary alicyclic amines) is 1. The van der Waals surface area contributed by atoms with Crippen LogP contribution >= 0.6 is 0 Å². The molecule has 1 heterocycles. The maximum atomic E-state index is 11.0. The molecule has 98 valence electrons. The predicted octanol–water partition coefficient (Wildman–Crippen LogP) is 3.15. The van der Waals surface area contributed by atoms with Crippen molar-refractivity contribution in [2.45, 2.75) is 51.7 Å². The van der Waals surface area contributed by atoms with Crippen molar-refractivity contribution in [3.05, 3.63) is 35.4 Å². The molecule has 3 nitrogen and oxygen atoms in total. The molecule has 1 aliphatic heterocycles. The Balaban J connectivity index is 2.13. The molecule has 0 bridgehead atoms. The van der Waals surface area contributed by atoms with Crippen molar-refractivity contribution in [3.8, 4) is 0 Å². The lowest BCUT2D eigenvalue weighted by molar-refractivity contribution is 0.0696. The Morgan fingerprint density at radius 3 is 2.89 bits per heavy atom. The van der Waals surface area contributed by atoms with Crippen LogP contribution in [0.4, 0.5) is 0 Å². The number of carboxylic acids is 1. The van der Waals surface area contributed by atoms with Crippen LogP contribution in [0, 0.1) is 0 Å². The maximum absolute atomic E-state index is 11.0. The van der Waals surface area contributed by atoms with Crippen LogP contribution in [0.5, 0.6) is 0 Å². The third kappa shape index (κ3) is 2.72. The van der Waals surface area contributed by atoms with E-state index in [2.05, 4.69) is 18.7 Å². The van der Waals surface area contributed by atoms with Gasteiger partial charge in [-0.05, 0) is 43.9 Å². The number of hydrogen-bond donors (Lipinski definition) is 1. The van der Waals surface area contributed by atoms with Crippen LogP contribution < -0.4 is 0 Å². The molecule has 0 aliphatic carbocycles. The van der Waals surface area contributed by atoms with Gasteiger partial charge in [-0.25, -0.2) is 4.79 Å². The predicted molar refractivity (Wildman–Crippen MR) is 71.7 cm³/mol. The summed E-state index contributed by atoms with van der Waals surface area (Å²) < 4.78 is 0. The van der Waals surface area contributed by atoms with Gasteiger partial charge in [0.25, 0.3) is 0 Å². The zero-order valence-corrected chi connectivity index (χ0v) is 11.1. The topological polar surface area (TPSA) is 40.5 Å². The number of carboxylic acid groups (broad SMARTS) is 1. The fourth-order valence-electron chi connectivity index (χ4n) is 2.86. The highest BCUT2D eigenvalue weighted by Crippen LogP contribution is 2.27. The molecule has 0 spiro atoms. The molecular weight excluding hydrogens is 226 g/mol. The summed E-state index contributed by atoms with van der Waals surface area (Å²) in [5.74, 6) is -0.849. The van der Waals surface area contributed by atoms with Gasteiger partial charge in [-0.3, -0.25) is 4.90 Å². The highest BCUT2D eigenvalue weighted by Gasteiger charge is 2.28. The van der Waals surface area contributed by atoms with E-state index < -0.39 is 5.97 Å². The Bertz CT molecular complexity index is 430. The van der Waals surface area contributed by atoms with Gasteiger partial charge in [-0.1, -0.05) is 19.1 Å². The molecule has 0 amide bonds. The summed E-state index contributed by atoms with van der Waals surface area (Å²) in [4.78, 5) is 13.5. The van der Waals surface area contributed by atoms with E-state index in [0.29, 0.717) is 17.6 Å². The number of nitrogens with zero attached hydrogens (tertiary/aromatic N) is 1. The average molecular weight is 247 g/mol. The Labute approximate surface area is 108 Å². The minimum Gasteiger partial charge on any atom is -0.478 e. The summed E-state index contributed by atoms with van der Waals surface area (Å²) in [5.41, 5.74) is 1.48. The van der Waals surface area contributed by atoms with Crippen molar-refractivity contribution >= 4 is 5.97 Å². The first-order valence-electron chi connectivity index (χ1n) is 6.69. The molecule has 1 N–H and O–H groups in total. The summed E-state index contributed by atoms with van der Waals surface area (Å²) in [5, 5.41) is 9.01. The van der Waals surface area contributed by atoms with Crippen molar-refractivity contribution in [1.29, 1.82) is 0 Å². The SMILES string of the molecule is CCC1CCC(C)N1Cc1cccc(C(=O)O)c1. The minimum atomic E-state index is -0.849. The first-order chi connectivity index (χ1) is 8.61. The fraction of sp³-hybridized carbons (Fsp3) is 0.533. The van der Waals surface area contributed by atoms with E-state index >= 15 is 0 Å². The molecule has 0 saturated carbocycles. The van der Waals surface area contributed by atoms with Gasteiger partial charge < -0.3 is 5.11 Å². The lowest BCUT2D eigenvalue weighted by Crippen LogP contribution is -2.33. The van der Waals surface area contributed by atoms with Crippen LogP contribution in [0.2, 0.25) is 0 Å². The number of benzene rings is 1. The highest BCUT2D eigenvalue weighted by atomic mass is 16.4. The van der Waals surface area contributed by atoms with Crippen LogP contribution in [-0.4, -0.2) is 28.1 Å². The van der Waals surface area contributed by atoms with E-state index in [-0.39, 0.29) is 0 Å². The van der Waals surface area contributed by atoms with Gasteiger partial charge >= 0.3 is 5.97 Å². The van der Waals surface area contributed by atoms with Gasteiger partial charge in [0.2, 0.25) is 0 Å². The molecule has 0 aromatic heterocycles. The van der Waals surface area contributed by atoms with Gasteiger partial charge in [0.1, 0.15) is 0 Å². The van der Waals surface area contributed by atoms with Gasteiger partial charge in [-0.15, -0.1) is 0 Å². The molecule has 2 atom stereocenters. The fourth-order valence-corrected chi connectivity index (χ4v) is 2.86. The average Bonchev–Trinajstić information content (AvgIpc) is 2.71. The molecule has 1 saturated heterocycles. The van der Waals surface area contributed by atoms with Crippen LogP contribution in [0.3, 0.4) is 0 Å². The van der Waals surface area contributed by atoms with Crippen LogP contribution in [0.25, 0.3) is 0 Å². The first kappa shape index (κ1) is 13.1. The summed E-state index contributed by atoms with van der Waals surface area (Å²) >= 11 is 0. The number of aromatic carboxylic acids is 1. The van der Waals surface area contributed by atoms with Crippen molar-refractivity contribution in [1.82, 2.24) is 4.90 Å². The monoisotopic (exact) mass is 247 g/mol. The largest absolute Gasteiger partial charge is 0.478 e. The van der Waals surface area contributed by atoms with Crippen LogP contribution in [0.15, 0.2) is 24.3 Å². The van der Waals surface area contributed by atoms with Gasteiger partial charge in [0.05, 0.1) is 5.56 Å². The normalized spacial score (nSPS) is 24.3. The smallest absolute Gasteiger partial charge is 0.335 e. The Morgan fingerprint density at radius 2 is 2.22 bits per heavy atom. The molecule has 1 fully saturated rings. The van der Waals surface area contributed by atoms with Crippen molar-refractivity contribution < 1.29 is 9.90 Å². The summed E-state index contributed by atoms with van der Waals surface area (Å²) in [6, 6.07) is 8.54. The standard InChI is InChI=1S/C15H21NO2/c1-3-14-8-7-11(2)16(14)10-12-5-4-6-13(9-12)15(17)18/h4-6,9,11,14H,3,7-8,10H2,1-2H3,(H,17,18). The maximum Gasteiger partial charge on any atom is 0.335 e. The van der Waals surface area contributed by atoms with Gasteiger partial charge in [0, 0.05) is 18.6 Å². The minimum absolute atomic E-state index is 0.382. The molecule has 18 heavy (non-hydrogen) atoms. The Morgan fingerprint density at radius 1 is 1.44 bits per heavy atom. The van der Waals surface area contributed by atoms with E-state index in [9.17, 15) is 4.79 Å². The van der Waals surface area contributed by atoms with Crippen molar-refractivity contribution in [2.24, 2.45) is 0 Å². The zero-order chi connectivity index (χ0) is 13.1. The summed E-state index contributed by atoms with van der Waals surface area (Å²) in [6.07, 6.45) is 3.68. The molecule has 1 aromatic rings. The van der Waals surface area contributed by atoms with E-state index in [0.717, 1.165) is 12.1 Å². The van der Waals surface area contributed by atoms with E-state index in [4.69, 9.17) is 5.11 Å². The van der Waals surface area contributed by atoms with Crippen LogP contribution in [0.1, 0.15) is 49.0 Å². The lowest BCUT2D eigenvalue weighted by Gasteiger charge is -2.27. The molecule has 1 aromatic carbocycles.